The number of aromatic hydroxyl groups is 2. The van der Waals surface area contributed by atoms with E-state index in [0.717, 1.165) is 31.9 Å². The molecule has 11 nitrogen and oxygen atoms in total. The molecule has 0 saturated carbocycles. The number of benzene rings is 2. The Balaban J connectivity index is -0.000000840. The third-order valence-corrected chi connectivity index (χ3v) is 3.67. The molecule has 2 aromatic carbocycles. The predicted molar refractivity (Wildman–Crippen MR) is 139 cm³/mol. The molecule has 0 fully saturated rings. The normalized spacial score (nSPS) is 10.3. The number of nitrogens with zero attached hydrogens (tertiary/aromatic N) is 2. The fraction of sp³-hybridized carbons (Fsp3) is 0.222. The van der Waals surface area contributed by atoms with Gasteiger partial charge in [0, 0.05) is 41.5 Å². The molecule has 0 heterocycles. The van der Waals surface area contributed by atoms with Crippen LogP contribution in [0.1, 0.15) is 43.0 Å². The summed E-state index contributed by atoms with van der Waals surface area (Å²) in [6.07, 6.45) is 5.61. The van der Waals surface area contributed by atoms with Gasteiger partial charge in [-0.1, -0.05) is 37.4 Å². The minimum atomic E-state index is -1.08. The molecular formula is C27H31MnN2O9. The monoisotopic (exact) mass is 582 g/mol. The van der Waals surface area contributed by atoms with Gasteiger partial charge in [0.1, 0.15) is 11.5 Å². The standard InChI is InChI=1S/C21H22N2O3.3C2H4O2.Mn/c1-3-15-5-7-20(25)17(9-15)11-22-13-19(24)14-23-12-18-10-16(4-2)6-8-21(18)26;3*1-2(3)4;/h3-12,19,24-26H,1-2,13-14H2;3*1H3,(H,3,4);/q;;;;+3/p-3. The van der Waals surface area contributed by atoms with Crippen LogP contribution in [0.2, 0.25) is 0 Å². The van der Waals surface area contributed by atoms with Crippen molar-refractivity contribution in [3.63, 3.8) is 0 Å². The zero-order valence-electron chi connectivity index (χ0n) is 21.7. The SMILES string of the molecule is C=Cc1ccc(O)c(C=NCC(O)CN=Cc2cc(C=C)ccc2O)c1.CC(=O)[O-].CC(=O)[O-].CC(=O)[O-].[Mn+3]. The Hall–Kier alpha value is -4.25. The zero-order valence-corrected chi connectivity index (χ0v) is 22.9. The number of carboxylic acids is 3. The van der Waals surface area contributed by atoms with Crippen LogP contribution in [0, 0.1) is 0 Å². The van der Waals surface area contributed by atoms with Crippen molar-refractivity contribution in [2.75, 3.05) is 13.1 Å². The summed E-state index contributed by atoms with van der Waals surface area (Å²) >= 11 is 0. The second kappa shape index (κ2) is 22.9. The van der Waals surface area contributed by atoms with E-state index >= 15 is 0 Å². The molecular weight excluding hydrogens is 551 g/mol. The number of carboxylic acid groups (broad SMARTS) is 3. The van der Waals surface area contributed by atoms with E-state index in [1.807, 2.05) is 0 Å². The number of hydrogen-bond acceptors (Lipinski definition) is 11. The van der Waals surface area contributed by atoms with Crippen LogP contribution in [0.5, 0.6) is 11.5 Å². The molecule has 0 aliphatic carbocycles. The van der Waals surface area contributed by atoms with Crippen LogP contribution in [-0.2, 0) is 31.5 Å². The van der Waals surface area contributed by atoms with Gasteiger partial charge in [-0.05, 0) is 56.2 Å². The van der Waals surface area contributed by atoms with E-state index in [1.54, 1.807) is 48.6 Å². The van der Waals surface area contributed by atoms with Gasteiger partial charge < -0.3 is 45.0 Å². The van der Waals surface area contributed by atoms with Crippen molar-refractivity contribution >= 4 is 42.5 Å². The summed E-state index contributed by atoms with van der Waals surface area (Å²) in [7, 11) is 0. The number of carbonyl (C=O) groups is 3. The molecule has 39 heavy (non-hydrogen) atoms. The van der Waals surface area contributed by atoms with E-state index in [4.69, 9.17) is 29.7 Å². The fourth-order valence-electron chi connectivity index (χ4n) is 2.21. The molecule has 2 rings (SSSR count). The molecule has 12 heteroatoms. The molecule has 2 aromatic rings. The first-order valence-electron chi connectivity index (χ1n) is 10.8. The molecule has 0 unspecified atom stereocenters. The second-order valence-corrected chi connectivity index (χ2v) is 7.16. The van der Waals surface area contributed by atoms with Gasteiger partial charge >= 0.3 is 17.1 Å². The largest absolute Gasteiger partial charge is 3.00 e. The van der Waals surface area contributed by atoms with Gasteiger partial charge in [-0.3, -0.25) is 9.98 Å². The third-order valence-electron chi connectivity index (χ3n) is 3.67. The van der Waals surface area contributed by atoms with Crippen molar-refractivity contribution in [3.8, 4) is 11.5 Å². The summed E-state index contributed by atoms with van der Waals surface area (Å²) in [5.74, 6) is -3.02. The third kappa shape index (κ3) is 23.9. The molecule has 0 atom stereocenters. The number of rotatable bonds is 8. The topological polar surface area (TPSA) is 206 Å². The van der Waals surface area contributed by atoms with Gasteiger partial charge in [0.25, 0.3) is 0 Å². The van der Waals surface area contributed by atoms with Crippen LogP contribution in [0.3, 0.4) is 0 Å². The Morgan fingerprint density at radius 2 is 1.05 bits per heavy atom. The average molecular weight is 582 g/mol. The summed E-state index contributed by atoms with van der Waals surface area (Å²) in [6, 6.07) is 10.2. The Bertz CT molecular complexity index is 1020. The van der Waals surface area contributed by atoms with Gasteiger partial charge in [-0.25, -0.2) is 0 Å². The second-order valence-electron chi connectivity index (χ2n) is 7.16. The predicted octanol–water partition coefficient (Wildman–Crippen LogP) is -0.451. The van der Waals surface area contributed by atoms with Crippen LogP contribution in [0.15, 0.2) is 59.5 Å². The van der Waals surface area contributed by atoms with E-state index < -0.39 is 24.0 Å². The number of carbonyl (C=O) groups excluding carboxylic acids is 3. The maximum atomic E-state index is 9.96. The van der Waals surface area contributed by atoms with Gasteiger partial charge in [0.05, 0.1) is 19.2 Å². The van der Waals surface area contributed by atoms with Crippen molar-refractivity contribution in [3.05, 3.63) is 71.8 Å². The van der Waals surface area contributed by atoms with E-state index in [-0.39, 0.29) is 41.7 Å². The van der Waals surface area contributed by atoms with Crippen molar-refractivity contribution in [1.82, 2.24) is 0 Å². The quantitative estimate of drug-likeness (QED) is 0.272. The Kier molecular flexibility index (Phi) is 23.1. The molecule has 0 amide bonds. The number of phenols is 2. The van der Waals surface area contributed by atoms with Crippen molar-refractivity contribution in [2.45, 2.75) is 26.9 Å². The number of phenolic OH excluding ortho intramolecular Hbond substituents is 2. The number of aliphatic hydroxyl groups is 1. The van der Waals surface area contributed by atoms with E-state index in [1.165, 1.54) is 12.4 Å². The molecule has 0 spiro atoms. The summed E-state index contributed by atoms with van der Waals surface area (Å²) in [4.78, 5) is 35.0. The molecule has 3 N–H and O–H groups in total. The Morgan fingerprint density at radius 3 is 1.31 bits per heavy atom. The van der Waals surface area contributed by atoms with Crippen molar-refractivity contribution < 1.29 is 62.1 Å². The molecule has 0 aliphatic heterocycles. The molecule has 0 aromatic heterocycles. The maximum Gasteiger partial charge on any atom is 3.00 e. The Labute approximate surface area is 237 Å². The first-order chi connectivity index (χ1) is 17.7. The minimum Gasteiger partial charge on any atom is -0.550 e. The molecule has 0 saturated heterocycles. The summed E-state index contributed by atoms with van der Waals surface area (Å²) < 4.78 is 0. The number of aliphatic imine (C=N–C) groups is 2. The van der Waals surface area contributed by atoms with Gasteiger partial charge in [0.2, 0.25) is 0 Å². The number of aliphatic carboxylic acids is 3. The molecule has 0 bridgehead atoms. The van der Waals surface area contributed by atoms with Crippen LogP contribution >= 0.6 is 0 Å². The fourth-order valence-corrected chi connectivity index (χ4v) is 2.21. The summed E-state index contributed by atoms with van der Waals surface area (Å²) in [5, 5.41) is 56.2. The Morgan fingerprint density at radius 1 is 0.769 bits per heavy atom. The first kappa shape index (κ1) is 39.3. The van der Waals surface area contributed by atoms with E-state index in [9.17, 15) is 15.3 Å². The van der Waals surface area contributed by atoms with Crippen molar-refractivity contribution in [2.24, 2.45) is 9.98 Å². The van der Waals surface area contributed by atoms with Gasteiger partial charge in [-0.15, -0.1) is 0 Å². The number of aliphatic hydroxyl groups excluding tert-OH is 1. The zero-order chi connectivity index (χ0) is 29.7. The molecule has 210 valence electrons. The first-order valence-corrected chi connectivity index (χ1v) is 10.8. The van der Waals surface area contributed by atoms with Crippen LogP contribution in [-0.4, -0.2) is 64.9 Å². The summed E-state index contributed by atoms with van der Waals surface area (Å²) in [5.41, 5.74) is 2.86. The maximum absolute atomic E-state index is 9.96. The van der Waals surface area contributed by atoms with Crippen LogP contribution < -0.4 is 15.3 Å². The van der Waals surface area contributed by atoms with E-state index in [0.29, 0.717) is 11.1 Å². The molecule has 0 aliphatic rings. The van der Waals surface area contributed by atoms with Crippen molar-refractivity contribution in [1.29, 1.82) is 0 Å². The smallest absolute Gasteiger partial charge is 0.550 e. The molecule has 0 radical (unpaired) electrons. The minimum absolute atomic E-state index is 0. The van der Waals surface area contributed by atoms with Gasteiger partial charge in [-0.2, -0.15) is 0 Å². The average Bonchev–Trinajstić information content (AvgIpc) is 2.80. The summed E-state index contributed by atoms with van der Waals surface area (Å²) in [6.45, 7) is 10.6. The van der Waals surface area contributed by atoms with Crippen LogP contribution in [0.4, 0.5) is 0 Å². The van der Waals surface area contributed by atoms with E-state index in [2.05, 4.69) is 23.1 Å². The van der Waals surface area contributed by atoms with Gasteiger partial charge in [0.15, 0.2) is 0 Å². The number of hydrogen-bond donors (Lipinski definition) is 3. The van der Waals surface area contributed by atoms with Crippen LogP contribution in [0.25, 0.3) is 12.2 Å².